The summed E-state index contributed by atoms with van der Waals surface area (Å²) in [4.78, 5) is 13.6. The van der Waals surface area contributed by atoms with Crippen LogP contribution in [0.3, 0.4) is 0 Å². The van der Waals surface area contributed by atoms with Gasteiger partial charge in [0.25, 0.3) is 0 Å². The normalized spacial score (nSPS) is 23.6. The van der Waals surface area contributed by atoms with E-state index in [2.05, 4.69) is 0 Å². The van der Waals surface area contributed by atoms with Gasteiger partial charge in [0.05, 0.1) is 13.1 Å². The van der Waals surface area contributed by atoms with E-state index < -0.39 is 0 Å². The molecular formula is C15H20N2O3. The van der Waals surface area contributed by atoms with Gasteiger partial charge >= 0.3 is 6.09 Å². The van der Waals surface area contributed by atoms with Crippen LogP contribution in [0, 0.1) is 5.92 Å². The lowest BCUT2D eigenvalue weighted by molar-refractivity contribution is -0.122. The van der Waals surface area contributed by atoms with Crippen LogP contribution in [-0.4, -0.2) is 42.8 Å². The van der Waals surface area contributed by atoms with Crippen LogP contribution in [0.15, 0.2) is 30.3 Å². The second-order valence-electron chi connectivity index (χ2n) is 5.53. The molecular weight excluding hydrogens is 256 g/mol. The van der Waals surface area contributed by atoms with Crippen molar-refractivity contribution in [3.63, 3.8) is 0 Å². The molecule has 0 saturated carbocycles. The van der Waals surface area contributed by atoms with Crippen LogP contribution >= 0.6 is 0 Å². The van der Waals surface area contributed by atoms with Crippen molar-refractivity contribution in [1.82, 2.24) is 4.90 Å². The Morgan fingerprint density at radius 2 is 2.15 bits per heavy atom. The van der Waals surface area contributed by atoms with Crippen molar-refractivity contribution in [3.05, 3.63) is 35.9 Å². The lowest BCUT2D eigenvalue weighted by Gasteiger charge is -2.49. The topological polar surface area (TPSA) is 64.8 Å². The zero-order chi connectivity index (χ0) is 14.0. The Bertz CT molecular complexity index is 471. The maximum Gasteiger partial charge on any atom is 0.410 e. The number of likely N-dealkylation sites (tertiary alicyclic amines) is 1. The van der Waals surface area contributed by atoms with Crippen molar-refractivity contribution in [2.24, 2.45) is 11.7 Å². The molecule has 5 heteroatoms. The highest BCUT2D eigenvalue weighted by atomic mass is 16.6. The SMILES string of the molecule is NCC1CCOC12CN(C(=O)OCc1ccccc1)C2. The minimum absolute atomic E-state index is 0.208. The number of carbonyl (C=O) groups excluding carboxylic acids is 1. The van der Waals surface area contributed by atoms with Crippen LogP contribution in [0.25, 0.3) is 0 Å². The Morgan fingerprint density at radius 1 is 1.40 bits per heavy atom. The number of nitrogens with zero attached hydrogens (tertiary/aromatic N) is 1. The maximum absolute atomic E-state index is 12.0. The van der Waals surface area contributed by atoms with E-state index in [1.54, 1.807) is 4.90 Å². The predicted octanol–water partition coefficient (Wildman–Crippen LogP) is 1.37. The third-order valence-electron chi connectivity index (χ3n) is 4.26. The molecule has 0 radical (unpaired) electrons. The summed E-state index contributed by atoms with van der Waals surface area (Å²) in [6.07, 6.45) is 0.717. The molecule has 2 heterocycles. The monoisotopic (exact) mass is 276 g/mol. The van der Waals surface area contributed by atoms with E-state index in [-0.39, 0.29) is 11.7 Å². The Labute approximate surface area is 118 Å². The van der Waals surface area contributed by atoms with E-state index in [4.69, 9.17) is 15.2 Å². The van der Waals surface area contributed by atoms with Gasteiger partial charge in [-0.05, 0) is 18.5 Å². The van der Waals surface area contributed by atoms with E-state index in [1.165, 1.54) is 0 Å². The highest BCUT2D eigenvalue weighted by Gasteiger charge is 2.54. The lowest BCUT2D eigenvalue weighted by Crippen LogP contribution is -2.67. The third-order valence-corrected chi connectivity index (χ3v) is 4.26. The van der Waals surface area contributed by atoms with Crippen LogP contribution in [0.5, 0.6) is 0 Å². The molecule has 20 heavy (non-hydrogen) atoms. The number of benzene rings is 1. The van der Waals surface area contributed by atoms with E-state index >= 15 is 0 Å². The highest BCUT2D eigenvalue weighted by molar-refractivity contribution is 5.69. The molecule has 2 aliphatic rings. The summed E-state index contributed by atoms with van der Waals surface area (Å²) < 4.78 is 11.1. The summed E-state index contributed by atoms with van der Waals surface area (Å²) in [5.74, 6) is 0.362. The van der Waals surface area contributed by atoms with Crippen molar-refractivity contribution in [2.75, 3.05) is 26.2 Å². The Morgan fingerprint density at radius 3 is 2.85 bits per heavy atom. The minimum atomic E-state index is -0.272. The van der Waals surface area contributed by atoms with Crippen LogP contribution in [-0.2, 0) is 16.1 Å². The van der Waals surface area contributed by atoms with Gasteiger partial charge in [-0.2, -0.15) is 0 Å². The zero-order valence-corrected chi connectivity index (χ0v) is 11.5. The summed E-state index contributed by atoms with van der Waals surface area (Å²) in [7, 11) is 0. The molecule has 0 bridgehead atoms. The minimum Gasteiger partial charge on any atom is -0.445 e. The van der Waals surface area contributed by atoms with E-state index in [0.29, 0.717) is 32.2 Å². The van der Waals surface area contributed by atoms with Gasteiger partial charge in [-0.3, -0.25) is 0 Å². The molecule has 0 aliphatic carbocycles. The number of hydrogen-bond acceptors (Lipinski definition) is 4. The Balaban J connectivity index is 1.49. The van der Waals surface area contributed by atoms with Gasteiger partial charge in [-0.1, -0.05) is 30.3 Å². The van der Waals surface area contributed by atoms with Crippen LogP contribution in [0.2, 0.25) is 0 Å². The molecule has 2 fully saturated rings. The van der Waals surface area contributed by atoms with E-state index in [1.807, 2.05) is 30.3 Å². The number of ether oxygens (including phenoxy) is 2. The fourth-order valence-electron chi connectivity index (χ4n) is 3.01. The Kier molecular flexibility index (Phi) is 3.63. The average molecular weight is 276 g/mol. The highest BCUT2D eigenvalue weighted by Crippen LogP contribution is 2.39. The molecule has 1 aromatic rings. The molecule has 1 unspecified atom stereocenters. The number of carbonyl (C=O) groups is 1. The number of rotatable bonds is 3. The average Bonchev–Trinajstić information content (AvgIpc) is 2.88. The number of nitrogens with two attached hydrogens (primary N) is 1. The predicted molar refractivity (Wildman–Crippen MR) is 74.0 cm³/mol. The zero-order valence-electron chi connectivity index (χ0n) is 11.5. The van der Waals surface area contributed by atoms with Gasteiger partial charge in [0.2, 0.25) is 0 Å². The summed E-state index contributed by atoms with van der Waals surface area (Å²) >= 11 is 0. The molecule has 2 aliphatic heterocycles. The van der Waals surface area contributed by atoms with Crippen molar-refractivity contribution >= 4 is 6.09 Å². The largest absolute Gasteiger partial charge is 0.445 e. The first-order valence-corrected chi connectivity index (χ1v) is 7.03. The fraction of sp³-hybridized carbons (Fsp3) is 0.533. The van der Waals surface area contributed by atoms with Crippen molar-refractivity contribution in [3.8, 4) is 0 Å². The van der Waals surface area contributed by atoms with Crippen LogP contribution in [0.4, 0.5) is 4.79 Å². The second-order valence-corrected chi connectivity index (χ2v) is 5.53. The van der Waals surface area contributed by atoms with Gasteiger partial charge in [-0.15, -0.1) is 0 Å². The summed E-state index contributed by atoms with van der Waals surface area (Å²) in [5, 5.41) is 0. The Hall–Kier alpha value is -1.59. The van der Waals surface area contributed by atoms with E-state index in [0.717, 1.165) is 18.6 Å². The van der Waals surface area contributed by atoms with Gasteiger partial charge in [0, 0.05) is 12.5 Å². The quantitative estimate of drug-likeness (QED) is 0.905. The molecule has 5 nitrogen and oxygen atoms in total. The molecule has 0 aromatic heterocycles. The first-order chi connectivity index (χ1) is 9.73. The fourth-order valence-corrected chi connectivity index (χ4v) is 3.01. The molecule has 3 rings (SSSR count). The summed E-state index contributed by atoms with van der Waals surface area (Å²) in [5.41, 5.74) is 6.55. The summed E-state index contributed by atoms with van der Waals surface area (Å²) in [6, 6.07) is 9.68. The van der Waals surface area contributed by atoms with Gasteiger partial charge < -0.3 is 20.1 Å². The van der Waals surface area contributed by atoms with E-state index in [9.17, 15) is 4.79 Å². The number of amides is 1. The first-order valence-electron chi connectivity index (χ1n) is 7.03. The van der Waals surface area contributed by atoms with Gasteiger partial charge in [-0.25, -0.2) is 4.79 Å². The lowest BCUT2D eigenvalue weighted by atomic mass is 9.81. The van der Waals surface area contributed by atoms with Crippen LogP contribution in [0.1, 0.15) is 12.0 Å². The molecule has 108 valence electrons. The second kappa shape index (κ2) is 5.42. The summed E-state index contributed by atoms with van der Waals surface area (Å²) in [6.45, 7) is 2.87. The van der Waals surface area contributed by atoms with Crippen LogP contribution < -0.4 is 5.73 Å². The van der Waals surface area contributed by atoms with Crippen molar-refractivity contribution < 1.29 is 14.3 Å². The standard InChI is InChI=1S/C15H20N2O3/c16-8-13-6-7-20-15(13)10-17(11-15)14(18)19-9-12-4-2-1-3-5-12/h1-5,13H,6-11,16H2. The first kappa shape index (κ1) is 13.4. The smallest absolute Gasteiger partial charge is 0.410 e. The van der Waals surface area contributed by atoms with Crippen molar-refractivity contribution in [1.29, 1.82) is 0 Å². The third kappa shape index (κ3) is 2.39. The molecule has 1 amide bonds. The molecule has 2 N–H and O–H groups in total. The van der Waals surface area contributed by atoms with Crippen molar-refractivity contribution in [2.45, 2.75) is 18.6 Å². The van der Waals surface area contributed by atoms with Gasteiger partial charge in [0.15, 0.2) is 0 Å². The van der Waals surface area contributed by atoms with Gasteiger partial charge in [0.1, 0.15) is 12.2 Å². The molecule has 1 atom stereocenters. The molecule has 1 spiro atoms. The number of hydrogen-bond donors (Lipinski definition) is 1. The molecule has 1 aromatic carbocycles. The maximum atomic E-state index is 12.0. The molecule has 2 saturated heterocycles.